The molecule has 0 amide bonds. The van der Waals surface area contributed by atoms with Crippen molar-refractivity contribution < 1.29 is 4.79 Å². The van der Waals surface area contributed by atoms with E-state index in [1.54, 1.807) is 6.07 Å². The average Bonchev–Trinajstić information content (AvgIpc) is 2.82. The Bertz CT molecular complexity index is 436. The second-order valence-electron chi connectivity index (χ2n) is 3.23. The van der Waals surface area contributed by atoms with Crippen molar-refractivity contribution in [3.63, 3.8) is 0 Å². The van der Waals surface area contributed by atoms with E-state index < -0.39 is 6.04 Å². The summed E-state index contributed by atoms with van der Waals surface area (Å²) in [7, 11) is 0. The lowest BCUT2D eigenvalue weighted by molar-refractivity contribution is 0.0965. The SMILES string of the molecule is N[C@@H](C(=O)c1cccs1)c1ccccc1. The number of thiophene rings is 1. The van der Waals surface area contributed by atoms with Crippen LogP contribution >= 0.6 is 11.3 Å². The fraction of sp³-hybridized carbons (Fsp3) is 0.0833. The quantitative estimate of drug-likeness (QED) is 0.803. The number of hydrogen-bond acceptors (Lipinski definition) is 3. The lowest BCUT2D eigenvalue weighted by Crippen LogP contribution is -2.20. The second kappa shape index (κ2) is 4.38. The largest absolute Gasteiger partial charge is 0.317 e. The lowest BCUT2D eigenvalue weighted by Gasteiger charge is -2.08. The summed E-state index contributed by atoms with van der Waals surface area (Å²) in [6.07, 6.45) is 0. The minimum Gasteiger partial charge on any atom is -0.317 e. The molecule has 0 bridgehead atoms. The van der Waals surface area contributed by atoms with Crippen LogP contribution in [-0.2, 0) is 0 Å². The fourth-order valence-corrected chi connectivity index (χ4v) is 2.09. The Morgan fingerprint density at radius 2 is 1.87 bits per heavy atom. The van der Waals surface area contributed by atoms with Gasteiger partial charge in [0.25, 0.3) is 0 Å². The molecule has 1 aromatic carbocycles. The summed E-state index contributed by atoms with van der Waals surface area (Å²) in [5.41, 5.74) is 6.74. The highest BCUT2D eigenvalue weighted by Gasteiger charge is 2.17. The Kier molecular flexibility index (Phi) is 2.94. The van der Waals surface area contributed by atoms with Crippen LogP contribution in [0.25, 0.3) is 0 Å². The van der Waals surface area contributed by atoms with Gasteiger partial charge in [-0.05, 0) is 17.0 Å². The molecule has 0 radical (unpaired) electrons. The van der Waals surface area contributed by atoms with Crippen molar-refractivity contribution >= 4 is 17.1 Å². The number of ketones is 1. The third kappa shape index (κ3) is 2.14. The molecule has 2 N–H and O–H groups in total. The van der Waals surface area contributed by atoms with Gasteiger partial charge in [-0.15, -0.1) is 11.3 Å². The average molecular weight is 217 g/mol. The number of nitrogens with two attached hydrogens (primary N) is 1. The van der Waals surface area contributed by atoms with Crippen LogP contribution < -0.4 is 5.73 Å². The molecular weight excluding hydrogens is 206 g/mol. The maximum Gasteiger partial charge on any atom is 0.193 e. The van der Waals surface area contributed by atoms with Crippen LogP contribution in [0.3, 0.4) is 0 Å². The zero-order chi connectivity index (χ0) is 10.7. The highest BCUT2D eigenvalue weighted by molar-refractivity contribution is 7.12. The molecule has 0 aliphatic rings. The number of rotatable bonds is 3. The Morgan fingerprint density at radius 1 is 1.13 bits per heavy atom. The predicted octanol–water partition coefficient (Wildman–Crippen LogP) is 2.63. The first kappa shape index (κ1) is 10.1. The summed E-state index contributed by atoms with van der Waals surface area (Å²) in [5.74, 6) is -0.0174. The first-order valence-corrected chi connectivity index (χ1v) is 5.55. The molecule has 15 heavy (non-hydrogen) atoms. The van der Waals surface area contributed by atoms with E-state index in [9.17, 15) is 4.79 Å². The first-order chi connectivity index (χ1) is 7.29. The van der Waals surface area contributed by atoms with Crippen LogP contribution in [0.5, 0.6) is 0 Å². The van der Waals surface area contributed by atoms with E-state index in [0.29, 0.717) is 4.88 Å². The summed E-state index contributed by atoms with van der Waals surface area (Å²) in [6, 6.07) is 12.5. The van der Waals surface area contributed by atoms with E-state index in [1.807, 2.05) is 41.8 Å². The van der Waals surface area contributed by atoms with Crippen LogP contribution in [0.2, 0.25) is 0 Å². The number of carbonyl (C=O) groups is 1. The summed E-state index contributed by atoms with van der Waals surface area (Å²) in [4.78, 5) is 12.6. The molecular formula is C12H11NOS. The van der Waals surface area contributed by atoms with Gasteiger partial charge in [-0.2, -0.15) is 0 Å². The van der Waals surface area contributed by atoms with Crippen LogP contribution in [0.15, 0.2) is 47.8 Å². The van der Waals surface area contributed by atoms with Gasteiger partial charge < -0.3 is 5.73 Å². The maximum atomic E-state index is 11.9. The van der Waals surface area contributed by atoms with E-state index in [1.165, 1.54) is 11.3 Å². The highest BCUT2D eigenvalue weighted by atomic mass is 32.1. The van der Waals surface area contributed by atoms with E-state index in [0.717, 1.165) is 5.56 Å². The van der Waals surface area contributed by atoms with Gasteiger partial charge in [-0.1, -0.05) is 36.4 Å². The van der Waals surface area contributed by atoms with E-state index in [2.05, 4.69) is 0 Å². The summed E-state index contributed by atoms with van der Waals surface area (Å²) >= 11 is 1.42. The molecule has 1 aromatic heterocycles. The van der Waals surface area contributed by atoms with Gasteiger partial charge in [0.15, 0.2) is 5.78 Å². The van der Waals surface area contributed by atoms with Crippen molar-refractivity contribution in [3.05, 3.63) is 58.3 Å². The zero-order valence-corrected chi connectivity index (χ0v) is 8.91. The van der Waals surface area contributed by atoms with Gasteiger partial charge in [-0.25, -0.2) is 0 Å². The fourth-order valence-electron chi connectivity index (χ4n) is 1.38. The first-order valence-electron chi connectivity index (χ1n) is 4.67. The molecule has 0 unspecified atom stereocenters. The van der Waals surface area contributed by atoms with Gasteiger partial charge in [0.1, 0.15) is 0 Å². The van der Waals surface area contributed by atoms with Crippen molar-refractivity contribution in [3.8, 4) is 0 Å². The minimum atomic E-state index is -0.551. The van der Waals surface area contributed by atoms with Gasteiger partial charge in [0.05, 0.1) is 10.9 Å². The molecule has 0 aliphatic heterocycles. The van der Waals surface area contributed by atoms with Crippen LogP contribution in [0.1, 0.15) is 21.3 Å². The summed E-state index contributed by atoms with van der Waals surface area (Å²) < 4.78 is 0. The standard InChI is InChI=1S/C12H11NOS/c13-11(9-5-2-1-3-6-9)12(14)10-7-4-8-15-10/h1-8,11H,13H2/t11-/m1/s1. The molecule has 2 nitrogen and oxygen atoms in total. The third-order valence-electron chi connectivity index (χ3n) is 2.21. The highest BCUT2D eigenvalue weighted by Crippen LogP contribution is 2.18. The molecule has 1 heterocycles. The van der Waals surface area contributed by atoms with E-state index in [4.69, 9.17) is 5.73 Å². The van der Waals surface area contributed by atoms with Crippen molar-refractivity contribution in [1.82, 2.24) is 0 Å². The molecule has 0 aliphatic carbocycles. The zero-order valence-electron chi connectivity index (χ0n) is 8.09. The molecule has 1 atom stereocenters. The maximum absolute atomic E-state index is 11.9. The molecule has 76 valence electrons. The third-order valence-corrected chi connectivity index (χ3v) is 3.09. The number of hydrogen-bond donors (Lipinski definition) is 1. The Balaban J connectivity index is 2.23. The number of carbonyl (C=O) groups excluding carboxylic acids is 1. The summed E-state index contributed by atoms with van der Waals surface area (Å²) in [5, 5.41) is 1.88. The summed E-state index contributed by atoms with van der Waals surface area (Å²) in [6.45, 7) is 0. The van der Waals surface area contributed by atoms with Crippen molar-refractivity contribution in [2.75, 3.05) is 0 Å². The van der Waals surface area contributed by atoms with Gasteiger partial charge in [0.2, 0.25) is 0 Å². The normalized spacial score (nSPS) is 12.3. The predicted molar refractivity (Wildman–Crippen MR) is 62.0 cm³/mol. The molecule has 0 spiro atoms. The Hall–Kier alpha value is -1.45. The topological polar surface area (TPSA) is 43.1 Å². The number of benzene rings is 1. The molecule has 2 aromatic rings. The van der Waals surface area contributed by atoms with Crippen LogP contribution in [0, 0.1) is 0 Å². The smallest absolute Gasteiger partial charge is 0.193 e. The van der Waals surface area contributed by atoms with Gasteiger partial charge in [0, 0.05) is 0 Å². The van der Waals surface area contributed by atoms with Gasteiger partial charge in [-0.3, -0.25) is 4.79 Å². The van der Waals surface area contributed by atoms with Crippen LogP contribution in [0.4, 0.5) is 0 Å². The second-order valence-corrected chi connectivity index (χ2v) is 4.18. The minimum absolute atomic E-state index is 0.0174. The van der Waals surface area contributed by atoms with Crippen molar-refractivity contribution in [2.45, 2.75) is 6.04 Å². The molecule has 3 heteroatoms. The molecule has 2 rings (SSSR count). The van der Waals surface area contributed by atoms with E-state index in [-0.39, 0.29) is 5.78 Å². The lowest BCUT2D eigenvalue weighted by atomic mass is 10.0. The number of Topliss-reactive ketones (excluding diaryl/α,β-unsaturated/α-hetero) is 1. The Labute approximate surface area is 92.4 Å². The Morgan fingerprint density at radius 3 is 2.47 bits per heavy atom. The monoisotopic (exact) mass is 217 g/mol. The van der Waals surface area contributed by atoms with Gasteiger partial charge >= 0.3 is 0 Å². The van der Waals surface area contributed by atoms with E-state index >= 15 is 0 Å². The van der Waals surface area contributed by atoms with Crippen molar-refractivity contribution in [1.29, 1.82) is 0 Å². The van der Waals surface area contributed by atoms with Crippen molar-refractivity contribution in [2.24, 2.45) is 5.73 Å². The molecule has 0 saturated carbocycles. The van der Waals surface area contributed by atoms with Crippen LogP contribution in [-0.4, -0.2) is 5.78 Å². The molecule has 0 saturated heterocycles. The molecule has 0 fully saturated rings.